The van der Waals surface area contributed by atoms with Crippen LogP contribution < -0.4 is 10.1 Å². The Morgan fingerprint density at radius 2 is 1.96 bits per heavy atom. The number of aryl methyl sites for hydroxylation is 1. The topological polar surface area (TPSA) is 93.5 Å². The molecule has 0 aliphatic heterocycles. The van der Waals surface area contributed by atoms with Crippen LogP contribution in [0.1, 0.15) is 48.8 Å². The first-order valence-corrected chi connectivity index (χ1v) is 8.18. The molecule has 25 heavy (non-hydrogen) atoms. The zero-order valence-corrected chi connectivity index (χ0v) is 14.7. The van der Waals surface area contributed by atoms with Crippen LogP contribution in [0.15, 0.2) is 30.5 Å². The van der Waals surface area contributed by atoms with Gasteiger partial charge in [0.25, 0.3) is 0 Å². The molecule has 0 aliphatic rings. The summed E-state index contributed by atoms with van der Waals surface area (Å²) < 4.78 is 6.81. The smallest absolute Gasteiger partial charge is 0.220 e. The van der Waals surface area contributed by atoms with Crippen molar-refractivity contribution >= 4 is 11.7 Å². The highest BCUT2D eigenvalue weighted by Gasteiger charge is 2.17. The minimum atomic E-state index is -0.436. The first-order chi connectivity index (χ1) is 11.9. The molecule has 2 rings (SSSR count). The molecule has 1 amide bonds. The fourth-order valence-electron chi connectivity index (χ4n) is 2.46. The number of aromatic nitrogens is 2. The SMILES string of the molecule is CCOc1ccc(C(=O)CCC(=O)NC(C)c2nn(C)cc2O)cc1. The average molecular weight is 345 g/mol. The van der Waals surface area contributed by atoms with Crippen molar-refractivity contribution in [3.8, 4) is 11.5 Å². The third-order valence-corrected chi connectivity index (χ3v) is 3.69. The lowest BCUT2D eigenvalue weighted by atomic mass is 10.1. The van der Waals surface area contributed by atoms with Crippen molar-refractivity contribution in [2.75, 3.05) is 6.61 Å². The maximum Gasteiger partial charge on any atom is 0.220 e. The molecule has 1 unspecified atom stereocenters. The summed E-state index contributed by atoms with van der Waals surface area (Å²) in [5.74, 6) is 0.366. The molecule has 0 radical (unpaired) electrons. The van der Waals surface area contributed by atoms with E-state index in [9.17, 15) is 14.7 Å². The van der Waals surface area contributed by atoms with E-state index in [-0.39, 0.29) is 30.3 Å². The first kappa shape index (κ1) is 18.5. The molecule has 1 aromatic carbocycles. The van der Waals surface area contributed by atoms with Crippen molar-refractivity contribution in [2.24, 2.45) is 7.05 Å². The van der Waals surface area contributed by atoms with Gasteiger partial charge in [0.2, 0.25) is 5.91 Å². The highest BCUT2D eigenvalue weighted by molar-refractivity contribution is 5.98. The van der Waals surface area contributed by atoms with Crippen molar-refractivity contribution in [1.82, 2.24) is 15.1 Å². The average Bonchev–Trinajstić information content (AvgIpc) is 2.92. The Balaban J connectivity index is 1.84. The maximum atomic E-state index is 12.2. The van der Waals surface area contributed by atoms with E-state index in [4.69, 9.17) is 4.74 Å². The highest BCUT2D eigenvalue weighted by atomic mass is 16.5. The van der Waals surface area contributed by atoms with Gasteiger partial charge in [-0.2, -0.15) is 5.10 Å². The Morgan fingerprint density at radius 1 is 1.28 bits per heavy atom. The van der Waals surface area contributed by atoms with Gasteiger partial charge in [-0.05, 0) is 38.1 Å². The fraction of sp³-hybridized carbons (Fsp3) is 0.389. The lowest BCUT2D eigenvalue weighted by molar-refractivity contribution is -0.121. The molecular formula is C18H23N3O4. The molecule has 7 nitrogen and oxygen atoms in total. The largest absolute Gasteiger partial charge is 0.504 e. The number of hydrogen-bond acceptors (Lipinski definition) is 5. The van der Waals surface area contributed by atoms with Crippen molar-refractivity contribution < 1.29 is 19.4 Å². The van der Waals surface area contributed by atoms with Crippen LogP contribution in [0.4, 0.5) is 0 Å². The molecule has 0 saturated heterocycles. The number of Topliss-reactive ketones (excluding diaryl/α,β-unsaturated/α-hetero) is 1. The number of nitrogens with zero attached hydrogens (tertiary/aromatic N) is 2. The zero-order valence-electron chi connectivity index (χ0n) is 14.7. The summed E-state index contributed by atoms with van der Waals surface area (Å²) in [6.45, 7) is 4.19. The van der Waals surface area contributed by atoms with Gasteiger partial charge in [-0.1, -0.05) is 0 Å². The Kier molecular flexibility index (Phi) is 6.16. The van der Waals surface area contributed by atoms with Gasteiger partial charge >= 0.3 is 0 Å². The number of nitrogens with one attached hydrogen (secondary N) is 1. The maximum absolute atomic E-state index is 12.2. The number of hydrogen-bond donors (Lipinski definition) is 2. The molecule has 7 heteroatoms. The molecule has 0 fully saturated rings. The van der Waals surface area contributed by atoms with E-state index in [1.807, 2.05) is 6.92 Å². The lowest BCUT2D eigenvalue weighted by Gasteiger charge is -2.12. The highest BCUT2D eigenvalue weighted by Crippen LogP contribution is 2.21. The van der Waals surface area contributed by atoms with Gasteiger partial charge in [-0.15, -0.1) is 0 Å². The van der Waals surface area contributed by atoms with E-state index in [2.05, 4.69) is 10.4 Å². The molecule has 0 aliphatic carbocycles. The quantitative estimate of drug-likeness (QED) is 0.717. The number of ketones is 1. The molecule has 2 aromatic rings. The summed E-state index contributed by atoms with van der Waals surface area (Å²) in [6.07, 6.45) is 1.65. The Morgan fingerprint density at radius 3 is 2.52 bits per heavy atom. The van der Waals surface area contributed by atoms with E-state index in [0.717, 1.165) is 0 Å². The normalized spacial score (nSPS) is 11.8. The summed E-state index contributed by atoms with van der Waals surface area (Å²) in [5.41, 5.74) is 0.945. The van der Waals surface area contributed by atoms with E-state index < -0.39 is 6.04 Å². The molecule has 0 spiro atoms. The summed E-state index contributed by atoms with van der Waals surface area (Å²) >= 11 is 0. The van der Waals surface area contributed by atoms with Crippen LogP contribution in [0.25, 0.3) is 0 Å². The molecule has 1 aromatic heterocycles. The Bertz CT molecular complexity index is 737. The van der Waals surface area contributed by atoms with E-state index in [1.165, 1.54) is 10.9 Å². The number of carbonyl (C=O) groups excluding carboxylic acids is 2. The van der Waals surface area contributed by atoms with Crippen molar-refractivity contribution in [3.05, 3.63) is 41.7 Å². The predicted octanol–water partition coefficient (Wildman–Crippen LogP) is 2.36. The predicted molar refractivity (Wildman–Crippen MR) is 92.6 cm³/mol. The van der Waals surface area contributed by atoms with E-state index in [0.29, 0.717) is 23.6 Å². The minimum Gasteiger partial charge on any atom is -0.504 e. The van der Waals surface area contributed by atoms with Gasteiger partial charge in [-0.25, -0.2) is 0 Å². The van der Waals surface area contributed by atoms with Crippen LogP contribution in [0.5, 0.6) is 11.5 Å². The second-order valence-corrected chi connectivity index (χ2v) is 5.74. The number of ether oxygens (including phenoxy) is 1. The van der Waals surface area contributed by atoms with Crippen LogP contribution in [0.2, 0.25) is 0 Å². The molecule has 0 bridgehead atoms. The van der Waals surface area contributed by atoms with Crippen LogP contribution >= 0.6 is 0 Å². The molecular weight excluding hydrogens is 322 g/mol. The van der Waals surface area contributed by atoms with Crippen LogP contribution in [-0.2, 0) is 11.8 Å². The zero-order chi connectivity index (χ0) is 18.4. The number of carbonyl (C=O) groups is 2. The summed E-state index contributed by atoms with van der Waals surface area (Å²) in [4.78, 5) is 24.2. The second kappa shape index (κ2) is 8.32. The fourth-order valence-corrected chi connectivity index (χ4v) is 2.46. The third-order valence-electron chi connectivity index (χ3n) is 3.69. The van der Waals surface area contributed by atoms with Crippen LogP contribution in [0.3, 0.4) is 0 Å². The van der Waals surface area contributed by atoms with Gasteiger partial charge < -0.3 is 15.2 Å². The van der Waals surface area contributed by atoms with Gasteiger partial charge in [0, 0.05) is 25.5 Å². The summed E-state index contributed by atoms with van der Waals surface area (Å²) in [6, 6.07) is 6.43. The van der Waals surface area contributed by atoms with Gasteiger partial charge in [0.15, 0.2) is 11.5 Å². The summed E-state index contributed by atoms with van der Waals surface area (Å²) in [5, 5.41) is 16.6. The van der Waals surface area contributed by atoms with Crippen molar-refractivity contribution in [1.29, 1.82) is 0 Å². The monoisotopic (exact) mass is 345 g/mol. The van der Waals surface area contributed by atoms with E-state index in [1.54, 1.807) is 38.2 Å². The third kappa shape index (κ3) is 5.07. The standard InChI is InChI=1S/C18H23N3O4/c1-4-25-14-7-5-13(6-8-14)15(22)9-10-17(24)19-12(2)18-16(23)11-21(3)20-18/h5-8,11-12,23H,4,9-10H2,1-3H3,(H,19,24). The Labute approximate surface area is 146 Å². The second-order valence-electron chi connectivity index (χ2n) is 5.74. The number of benzene rings is 1. The van der Waals surface area contributed by atoms with Crippen LogP contribution in [0, 0.1) is 0 Å². The van der Waals surface area contributed by atoms with Gasteiger partial charge in [0.05, 0.1) is 18.8 Å². The van der Waals surface area contributed by atoms with Gasteiger partial charge in [-0.3, -0.25) is 14.3 Å². The summed E-state index contributed by atoms with van der Waals surface area (Å²) in [7, 11) is 1.69. The van der Waals surface area contributed by atoms with Crippen molar-refractivity contribution in [2.45, 2.75) is 32.7 Å². The van der Waals surface area contributed by atoms with Crippen LogP contribution in [-0.4, -0.2) is 33.2 Å². The molecule has 2 N–H and O–H groups in total. The number of rotatable bonds is 8. The van der Waals surface area contributed by atoms with Gasteiger partial charge in [0.1, 0.15) is 11.4 Å². The first-order valence-electron chi connectivity index (χ1n) is 8.18. The number of aromatic hydroxyl groups is 1. The van der Waals surface area contributed by atoms with Crippen molar-refractivity contribution in [3.63, 3.8) is 0 Å². The lowest BCUT2D eigenvalue weighted by Crippen LogP contribution is -2.27. The Hall–Kier alpha value is -2.83. The molecule has 1 atom stereocenters. The molecule has 1 heterocycles. The number of amides is 1. The minimum absolute atomic E-state index is 0.0285. The molecule has 0 saturated carbocycles. The molecule has 134 valence electrons. The van der Waals surface area contributed by atoms with E-state index >= 15 is 0 Å².